The van der Waals surface area contributed by atoms with E-state index in [1.165, 1.54) is 36.2 Å². The summed E-state index contributed by atoms with van der Waals surface area (Å²) < 4.78 is 0. The zero-order valence-electron chi connectivity index (χ0n) is 10.3. The van der Waals surface area contributed by atoms with Crippen molar-refractivity contribution in [3.63, 3.8) is 0 Å². The molecule has 3 heteroatoms. The Balaban J connectivity index is 1.77. The van der Waals surface area contributed by atoms with Crippen molar-refractivity contribution in [2.75, 3.05) is 13.1 Å². The Kier molecular flexibility index (Phi) is 4.00. The van der Waals surface area contributed by atoms with E-state index in [4.69, 9.17) is 0 Å². The van der Waals surface area contributed by atoms with Crippen molar-refractivity contribution in [2.24, 2.45) is 0 Å². The average Bonchev–Trinajstić information content (AvgIpc) is 2.65. The Bertz CT molecular complexity index is 326. The van der Waals surface area contributed by atoms with Gasteiger partial charge in [-0.05, 0) is 50.2 Å². The van der Waals surface area contributed by atoms with Crippen LogP contribution in [0.25, 0.3) is 0 Å². The summed E-state index contributed by atoms with van der Waals surface area (Å²) in [4.78, 5) is 1.47. The summed E-state index contributed by atoms with van der Waals surface area (Å²) in [5.41, 5.74) is 1.72. The maximum atomic E-state index is 3.63. The predicted molar refractivity (Wildman–Crippen MR) is 71.0 cm³/mol. The third-order valence-corrected chi connectivity index (χ3v) is 4.50. The monoisotopic (exact) mass is 238 g/mol. The van der Waals surface area contributed by atoms with Crippen molar-refractivity contribution in [3.8, 4) is 0 Å². The highest BCUT2D eigenvalue weighted by Gasteiger charge is 2.25. The number of rotatable bonds is 4. The van der Waals surface area contributed by atoms with Crippen LogP contribution in [0.3, 0.4) is 0 Å². The largest absolute Gasteiger partial charge is 0.310 e. The quantitative estimate of drug-likeness (QED) is 0.843. The van der Waals surface area contributed by atoms with E-state index in [0.29, 0.717) is 5.54 Å². The van der Waals surface area contributed by atoms with Crippen LogP contribution in [0.5, 0.6) is 0 Å². The zero-order valence-corrected chi connectivity index (χ0v) is 11.1. The van der Waals surface area contributed by atoms with Gasteiger partial charge in [-0.3, -0.25) is 0 Å². The molecule has 1 unspecified atom stereocenters. The lowest BCUT2D eigenvalue weighted by Gasteiger charge is -2.35. The Labute approximate surface area is 102 Å². The second-order valence-corrected chi connectivity index (χ2v) is 6.08. The minimum atomic E-state index is 0.309. The summed E-state index contributed by atoms with van der Waals surface area (Å²) in [6, 6.07) is 2.20. The zero-order chi connectivity index (χ0) is 11.4. The fourth-order valence-electron chi connectivity index (χ4n) is 2.31. The molecule has 1 aliphatic rings. The summed E-state index contributed by atoms with van der Waals surface area (Å²) in [5, 5.41) is 9.39. The molecule has 16 heavy (non-hydrogen) atoms. The van der Waals surface area contributed by atoms with Gasteiger partial charge >= 0.3 is 0 Å². The van der Waals surface area contributed by atoms with Gasteiger partial charge in [0.25, 0.3) is 0 Å². The van der Waals surface area contributed by atoms with Crippen molar-refractivity contribution in [3.05, 3.63) is 21.9 Å². The van der Waals surface area contributed by atoms with Crippen LogP contribution in [0.1, 0.15) is 36.6 Å². The SMILES string of the molecule is Cc1ccsc1CNCC1(C)CCCCN1. The number of piperidine rings is 1. The first-order valence-electron chi connectivity index (χ1n) is 6.18. The summed E-state index contributed by atoms with van der Waals surface area (Å²) in [6.45, 7) is 7.79. The van der Waals surface area contributed by atoms with Crippen LogP contribution >= 0.6 is 11.3 Å². The molecule has 2 N–H and O–H groups in total. The van der Waals surface area contributed by atoms with Gasteiger partial charge in [-0.15, -0.1) is 11.3 Å². The van der Waals surface area contributed by atoms with Crippen LogP contribution in [0, 0.1) is 6.92 Å². The summed E-state index contributed by atoms with van der Waals surface area (Å²) >= 11 is 1.85. The first-order chi connectivity index (χ1) is 7.70. The molecule has 0 radical (unpaired) electrons. The lowest BCUT2D eigenvalue weighted by Crippen LogP contribution is -2.52. The molecule has 1 atom stereocenters. The molecule has 0 spiro atoms. The van der Waals surface area contributed by atoms with E-state index >= 15 is 0 Å². The fourth-order valence-corrected chi connectivity index (χ4v) is 3.18. The molecule has 0 bridgehead atoms. The Morgan fingerprint density at radius 1 is 1.50 bits per heavy atom. The molecule has 1 aliphatic heterocycles. The van der Waals surface area contributed by atoms with Crippen LogP contribution in [-0.2, 0) is 6.54 Å². The van der Waals surface area contributed by atoms with Crippen molar-refractivity contribution in [2.45, 2.75) is 45.2 Å². The summed E-state index contributed by atoms with van der Waals surface area (Å²) in [7, 11) is 0. The third kappa shape index (κ3) is 3.06. The Morgan fingerprint density at radius 2 is 2.38 bits per heavy atom. The highest BCUT2D eigenvalue weighted by Crippen LogP contribution is 2.19. The molecule has 1 saturated heterocycles. The molecule has 0 saturated carbocycles. The van der Waals surface area contributed by atoms with Crippen LogP contribution < -0.4 is 10.6 Å². The Hall–Kier alpha value is -0.380. The maximum absolute atomic E-state index is 3.63. The van der Waals surface area contributed by atoms with Crippen molar-refractivity contribution >= 4 is 11.3 Å². The fraction of sp³-hybridized carbons (Fsp3) is 0.692. The number of aryl methyl sites for hydroxylation is 1. The minimum Gasteiger partial charge on any atom is -0.310 e. The van der Waals surface area contributed by atoms with Gasteiger partial charge < -0.3 is 10.6 Å². The van der Waals surface area contributed by atoms with Crippen molar-refractivity contribution in [1.82, 2.24) is 10.6 Å². The average molecular weight is 238 g/mol. The van der Waals surface area contributed by atoms with Crippen LogP contribution in [-0.4, -0.2) is 18.6 Å². The van der Waals surface area contributed by atoms with E-state index in [1.54, 1.807) is 0 Å². The number of hydrogen-bond acceptors (Lipinski definition) is 3. The van der Waals surface area contributed by atoms with E-state index in [0.717, 1.165) is 13.1 Å². The number of nitrogens with one attached hydrogen (secondary N) is 2. The molecule has 2 nitrogen and oxygen atoms in total. The number of thiophene rings is 1. The molecule has 0 aromatic carbocycles. The standard InChI is InChI=1S/C13H22N2S/c1-11-5-8-16-12(11)9-14-10-13(2)6-3-4-7-15-13/h5,8,14-15H,3-4,6-7,9-10H2,1-2H3. The smallest absolute Gasteiger partial charge is 0.0303 e. The first kappa shape index (κ1) is 12.1. The summed E-state index contributed by atoms with van der Waals surface area (Å²) in [6.07, 6.45) is 3.99. The molecule has 2 rings (SSSR count). The molecule has 90 valence electrons. The molecule has 1 fully saturated rings. The highest BCUT2D eigenvalue weighted by atomic mass is 32.1. The topological polar surface area (TPSA) is 24.1 Å². The van der Waals surface area contributed by atoms with Gasteiger partial charge in [0.05, 0.1) is 0 Å². The van der Waals surface area contributed by atoms with Crippen LogP contribution in [0.4, 0.5) is 0 Å². The van der Waals surface area contributed by atoms with E-state index < -0.39 is 0 Å². The van der Waals surface area contributed by atoms with Crippen molar-refractivity contribution < 1.29 is 0 Å². The van der Waals surface area contributed by atoms with Crippen molar-refractivity contribution in [1.29, 1.82) is 0 Å². The Morgan fingerprint density at radius 3 is 3.00 bits per heavy atom. The molecule has 2 heterocycles. The summed E-state index contributed by atoms with van der Waals surface area (Å²) in [5.74, 6) is 0. The van der Waals surface area contributed by atoms with Crippen LogP contribution in [0.15, 0.2) is 11.4 Å². The molecule has 0 aliphatic carbocycles. The van der Waals surface area contributed by atoms with Crippen LogP contribution in [0.2, 0.25) is 0 Å². The minimum absolute atomic E-state index is 0.309. The third-order valence-electron chi connectivity index (χ3n) is 3.48. The second-order valence-electron chi connectivity index (χ2n) is 5.07. The number of hydrogen-bond donors (Lipinski definition) is 2. The molecule has 1 aromatic rings. The molecular formula is C13H22N2S. The lowest BCUT2D eigenvalue weighted by molar-refractivity contribution is 0.267. The predicted octanol–water partition coefficient (Wildman–Crippen LogP) is 2.68. The normalized spacial score (nSPS) is 25.9. The highest BCUT2D eigenvalue weighted by molar-refractivity contribution is 7.10. The molecule has 0 amide bonds. The van der Waals surface area contributed by atoms with Gasteiger partial charge in [0, 0.05) is 23.5 Å². The van der Waals surface area contributed by atoms with Gasteiger partial charge in [0.1, 0.15) is 0 Å². The molecular weight excluding hydrogens is 216 g/mol. The molecule has 1 aromatic heterocycles. The van der Waals surface area contributed by atoms with Gasteiger partial charge in [0.15, 0.2) is 0 Å². The van der Waals surface area contributed by atoms with E-state index in [-0.39, 0.29) is 0 Å². The van der Waals surface area contributed by atoms with Gasteiger partial charge in [-0.2, -0.15) is 0 Å². The second kappa shape index (κ2) is 5.30. The maximum Gasteiger partial charge on any atom is 0.0303 e. The van der Waals surface area contributed by atoms with E-state index in [9.17, 15) is 0 Å². The van der Waals surface area contributed by atoms with E-state index in [2.05, 4.69) is 35.9 Å². The van der Waals surface area contributed by atoms with E-state index in [1.807, 2.05) is 11.3 Å². The van der Waals surface area contributed by atoms with Gasteiger partial charge in [-0.25, -0.2) is 0 Å². The van der Waals surface area contributed by atoms with Gasteiger partial charge in [-0.1, -0.05) is 6.42 Å². The first-order valence-corrected chi connectivity index (χ1v) is 7.06. The van der Waals surface area contributed by atoms with Gasteiger partial charge in [0.2, 0.25) is 0 Å². The lowest BCUT2D eigenvalue weighted by atomic mass is 9.91.